The predicted octanol–water partition coefficient (Wildman–Crippen LogP) is 1.53. The summed E-state index contributed by atoms with van der Waals surface area (Å²) in [5, 5.41) is 15.4. The quantitative estimate of drug-likeness (QED) is 0.761. The minimum atomic E-state index is 0.245. The Morgan fingerprint density at radius 2 is 2.31 bits per heavy atom. The first-order valence-electron chi connectivity index (χ1n) is 6.30. The van der Waals surface area contributed by atoms with Crippen molar-refractivity contribution < 1.29 is 0 Å². The van der Waals surface area contributed by atoms with Gasteiger partial charge in [0.15, 0.2) is 5.82 Å². The summed E-state index contributed by atoms with van der Waals surface area (Å²) in [6.07, 6.45) is 5.13. The van der Waals surface area contributed by atoms with Crippen molar-refractivity contribution in [2.24, 2.45) is 5.92 Å². The number of nitrogens with zero attached hydrogens (tertiary/aromatic N) is 4. The molecule has 90 valence electrons. The molecule has 0 aromatic carbocycles. The average molecular weight is 223 g/mol. The summed E-state index contributed by atoms with van der Waals surface area (Å²) in [5.41, 5.74) is 0. The van der Waals surface area contributed by atoms with Crippen LogP contribution in [0, 0.1) is 5.92 Å². The van der Waals surface area contributed by atoms with E-state index < -0.39 is 0 Å². The van der Waals surface area contributed by atoms with E-state index in [4.69, 9.17) is 0 Å². The molecule has 1 N–H and O–H groups in total. The Morgan fingerprint density at radius 1 is 1.50 bits per heavy atom. The Balaban J connectivity index is 1.88. The number of aryl methyl sites for hydroxylation is 1. The molecule has 1 heterocycles. The van der Waals surface area contributed by atoms with Gasteiger partial charge in [-0.25, -0.2) is 4.68 Å². The molecule has 0 saturated heterocycles. The van der Waals surface area contributed by atoms with Gasteiger partial charge in [-0.05, 0) is 42.7 Å². The van der Waals surface area contributed by atoms with Crippen LogP contribution in [0.25, 0.3) is 0 Å². The Morgan fingerprint density at radius 3 is 3.00 bits per heavy atom. The Kier molecular flexibility index (Phi) is 3.88. The van der Waals surface area contributed by atoms with Gasteiger partial charge in [0.2, 0.25) is 0 Å². The second kappa shape index (κ2) is 5.39. The maximum atomic E-state index is 4.11. The van der Waals surface area contributed by atoms with Gasteiger partial charge in [-0.1, -0.05) is 19.8 Å². The van der Waals surface area contributed by atoms with Crippen molar-refractivity contribution in [2.75, 3.05) is 6.54 Å². The van der Waals surface area contributed by atoms with Gasteiger partial charge in [0, 0.05) is 6.54 Å². The van der Waals surface area contributed by atoms with Crippen LogP contribution in [0.5, 0.6) is 0 Å². The number of aromatic nitrogens is 4. The maximum Gasteiger partial charge on any atom is 0.167 e. The first-order valence-corrected chi connectivity index (χ1v) is 6.30. The molecule has 5 heteroatoms. The lowest BCUT2D eigenvalue weighted by Crippen LogP contribution is -2.23. The van der Waals surface area contributed by atoms with Gasteiger partial charge < -0.3 is 5.32 Å². The SMILES string of the molecule is CCCNC(C)c1nnnn1CCC1CC1. The van der Waals surface area contributed by atoms with Crippen molar-refractivity contribution >= 4 is 0 Å². The standard InChI is InChI=1S/C11H21N5/c1-3-7-12-9(2)11-13-14-15-16(11)8-6-10-4-5-10/h9-10,12H,3-8H2,1-2H3. The lowest BCUT2D eigenvalue weighted by Gasteiger charge is -2.12. The highest BCUT2D eigenvalue weighted by Crippen LogP contribution is 2.32. The molecule has 16 heavy (non-hydrogen) atoms. The van der Waals surface area contributed by atoms with Crippen molar-refractivity contribution in [1.82, 2.24) is 25.5 Å². The van der Waals surface area contributed by atoms with Crippen LogP contribution in [0.3, 0.4) is 0 Å². The largest absolute Gasteiger partial charge is 0.307 e. The van der Waals surface area contributed by atoms with Crippen LogP contribution in [0.4, 0.5) is 0 Å². The third-order valence-electron chi connectivity index (χ3n) is 3.09. The summed E-state index contributed by atoms with van der Waals surface area (Å²) < 4.78 is 1.95. The number of nitrogens with one attached hydrogen (secondary N) is 1. The van der Waals surface area contributed by atoms with Gasteiger partial charge >= 0.3 is 0 Å². The molecular weight excluding hydrogens is 202 g/mol. The molecule has 2 rings (SSSR count). The fourth-order valence-corrected chi connectivity index (χ4v) is 1.84. The zero-order chi connectivity index (χ0) is 11.4. The van der Waals surface area contributed by atoms with Crippen LogP contribution < -0.4 is 5.32 Å². The summed E-state index contributed by atoms with van der Waals surface area (Å²) in [5.74, 6) is 1.89. The predicted molar refractivity (Wildman–Crippen MR) is 61.9 cm³/mol. The highest BCUT2D eigenvalue weighted by Gasteiger charge is 2.22. The van der Waals surface area contributed by atoms with E-state index >= 15 is 0 Å². The van der Waals surface area contributed by atoms with Crippen LogP contribution in [-0.4, -0.2) is 26.8 Å². The van der Waals surface area contributed by atoms with E-state index in [0.717, 1.165) is 31.3 Å². The molecule has 0 aliphatic heterocycles. The second-order valence-corrected chi connectivity index (χ2v) is 4.67. The minimum Gasteiger partial charge on any atom is -0.307 e. The summed E-state index contributed by atoms with van der Waals surface area (Å²) in [6.45, 7) is 6.26. The number of hydrogen-bond donors (Lipinski definition) is 1. The highest BCUT2D eigenvalue weighted by atomic mass is 15.5. The third kappa shape index (κ3) is 3.01. The van der Waals surface area contributed by atoms with Gasteiger partial charge in [0.1, 0.15) is 0 Å². The van der Waals surface area contributed by atoms with Crippen molar-refractivity contribution in [3.05, 3.63) is 5.82 Å². The Hall–Kier alpha value is -0.970. The van der Waals surface area contributed by atoms with Crippen LogP contribution in [0.1, 0.15) is 51.4 Å². The summed E-state index contributed by atoms with van der Waals surface area (Å²) in [4.78, 5) is 0. The monoisotopic (exact) mass is 223 g/mol. The molecule has 1 aliphatic rings. The lowest BCUT2D eigenvalue weighted by atomic mass is 10.2. The number of rotatable bonds is 7. The van der Waals surface area contributed by atoms with E-state index in [9.17, 15) is 0 Å². The maximum absolute atomic E-state index is 4.11. The van der Waals surface area contributed by atoms with Gasteiger partial charge in [0.25, 0.3) is 0 Å². The van der Waals surface area contributed by atoms with Crippen molar-refractivity contribution in [1.29, 1.82) is 0 Å². The summed E-state index contributed by atoms with van der Waals surface area (Å²) >= 11 is 0. The van der Waals surface area contributed by atoms with E-state index in [1.54, 1.807) is 0 Å². The van der Waals surface area contributed by atoms with E-state index in [-0.39, 0.29) is 6.04 Å². The normalized spacial score (nSPS) is 17.6. The molecule has 0 bridgehead atoms. The number of tetrazole rings is 1. The van der Waals surface area contributed by atoms with E-state index in [1.807, 2.05) is 4.68 Å². The molecule has 0 spiro atoms. The molecule has 1 fully saturated rings. The molecule has 0 amide bonds. The highest BCUT2D eigenvalue weighted by molar-refractivity contribution is 4.89. The molecular formula is C11H21N5. The van der Waals surface area contributed by atoms with Gasteiger partial charge in [-0.2, -0.15) is 0 Å². The zero-order valence-electron chi connectivity index (χ0n) is 10.2. The fourth-order valence-electron chi connectivity index (χ4n) is 1.84. The van der Waals surface area contributed by atoms with Gasteiger partial charge in [-0.15, -0.1) is 5.10 Å². The molecule has 1 aliphatic carbocycles. The summed E-state index contributed by atoms with van der Waals surface area (Å²) in [6, 6.07) is 0.245. The van der Waals surface area contributed by atoms with Crippen molar-refractivity contribution in [2.45, 2.75) is 52.1 Å². The van der Waals surface area contributed by atoms with Crippen molar-refractivity contribution in [3.63, 3.8) is 0 Å². The van der Waals surface area contributed by atoms with Crippen LogP contribution in [-0.2, 0) is 6.54 Å². The Bertz CT molecular complexity index is 318. The first kappa shape index (κ1) is 11.5. The molecule has 1 aromatic heterocycles. The summed E-state index contributed by atoms with van der Waals surface area (Å²) in [7, 11) is 0. The smallest absolute Gasteiger partial charge is 0.167 e. The first-order chi connectivity index (χ1) is 7.81. The van der Waals surface area contributed by atoms with E-state index in [1.165, 1.54) is 19.3 Å². The van der Waals surface area contributed by atoms with E-state index in [2.05, 4.69) is 34.7 Å². The number of hydrogen-bond acceptors (Lipinski definition) is 4. The van der Waals surface area contributed by atoms with Crippen LogP contribution in [0.15, 0.2) is 0 Å². The van der Waals surface area contributed by atoms with Gasteiger partial charge in [-0.3, -0.25) is 0 Å². The lowest BCUT2D eigenvalue weighted by molar-refractivity contribution is 0.465. The molecule has 0 radical (unpaired) electrons. The molecule has 1 atom stereocenters. The average Bonchev–Trinajstić information content (AvgIpc) is 3.00. The van der Waals surface area contributed by atoms with Crippen LogP contribution in [0.2, 0.25) is 0 Å². The Labute approximate surface area is 96.6 Å². The zero-order valence-corrected chi connectivity index (χ0v) is 10.2. The minimum absolute atomic E-state index is 0.245. The molecule has 5 nitrogen and oxygen atoms in total. The molecule has 1 unspecified atom stereocenters. The van der Waals surface area contributed by atoms with Gasteiger partial charge in [0.05, 0.1) is 6.04 Å². The second-order valence-electron chi connectivity index (χ2n) is 4.67. The van der Waals surface area contributed by atoms with E-state index in [0.29, 0.717) is 0 Å². The fraction of sp³-hybridized carbons (Fsp3) is 0.909. The molecule has 1 aromatic rings. The topological polar surface area (TPSA) is 55.6 Å². The third-order valence-corrected chi connectivity index (χ3v) is 3.09. The van der Waals surface area contributed by atoms with Crippen molar-refractivity contribution in [3.8, 4) is 0 Å². The molecule has 1 saturated carbocycles. The van der Waals surface area contributed by atoms with Crippen LogP contribution >= 0.6 is 0 Å².